The average molecular weight is 287 g/mol. The fourth-order valence-electron chi connectivity index (χ4n) is 1.18. The third-order valence-corrected chi connectivity index (χ3v) is 2.48. The lowest BCUT2D eigenvalue weighted by Crippen LogP contribution is -2.07. The molecule has 4 nitrogen and oxygen atoms in total. The van der Waals surface area contributed by atoms with Gasteiger partial charge in [0.2, 0.25) is 0 Å². The lowest BCUT2D eigenvalue weighted by atomic mass is 10.3. The molecule has 0 radical (unpaired) electrons. The van der Waals surface area contributed by atoms with Crippen LogP contribution in [0.2, 0.25) is 0 Å². The van der Waals surface area contributed by atoms with Gasteiger partial charge >= 0.3 is 5.97 Å². The number of epoxide rings is 1. The summed E-state index contributed by atoms with van der Waals surface area (Å²) in [5, 5.41) is 0. The topological polar surface area (TPSA) is 48.1 Å². The first-order valence-electron chi connectivity index (χ1n) is 4.87. The first kappa shape index (κ1) is 11.4. The van der Waals surface area contributed by atoms with Gasteiger partial charge in [0, 0.05) is 11.4 Å². The summed E-state index contributed by atoms with van der Waals surface area (Å²) in [7, 11) is 0. The van der Waals surface area contributed by atoms with Gasteiger partial charge in [-0.1, -0.05) is 15.9 Å². The standard InChI is InChI=1S/C11H11BrO4/c1-7(13)16-10-3-2-8(12)4-11(10)15-6-9-5-14-9/h2-4,9H,5-6H2,1H3/t9-/m0/s1. The van der Waals surface area contributed by atoms with E-state index in [2.05, 4.69) is 15.9 Å². The summed E-state index contributed by atoms with van der Waals surface area (Å²) in [4.78, 5) is 10.9. The highest BCUT2D eigenvalue weighted by Crippen LogP contribution is 2.31. The lowest BCUT2D eigenvalue weighted by Gasteiger charge is -2.10. The Morgan fingerprint density at radius 1 is 1.56 bits per heavy atom. The molecule has 86 valence electrons. The number of carbonyl (C=O) groups excluding carboxylic acids is 1. The first-order valence-corrected chi connectivity index (χ1v) is 5.67. The third-order valence-electron chi connectivity index (χ3n) is 1.99. The predicted octanol–water partition coefficient (Wildman–Crippen LogP) is 2.15. The Bertz CT molecular complexity index is 401. The summed E-state index contributed by atoms with van der Waals surface area (Å²) in [5.41, 5.74) is 0. The molecule has 0 aromatic heterocycles. The van der Waals surface area contributed by atoms with Gasteiger partial charge in [-0.05, 0) is 18.2 Å². The van der Waals surface area contributed by atoms with Gasteiger partial charge in [-0.3, -0.25) is 4.79 Å². The van der Waals surface area contributed by atoms with Crippen molar-refractivity contribution in [3.05, 3.63) is 22.7 Å². The van der Waals surface area contributed by atoms with Gasteiger partial charge in [0.1, 0.15) is 12.7 Å². The van der Waals surface area contributed by atoms with E-state index in [1.54, 1.807) is 18.2 Å². The van der Waals surface area contributed by atoms with Crippen LogP contribution in [0.1, 0.15) is 6.92 Å². The van der Waals surface area contributed by atoms with Crippen molar-refractivity contribution in [3.8, 4) is 11.5 Å². The highest BCUT2D eigenvalue weighted by atomic mass is 79.9. The number of hydrogen-bond acceptors (Lipinski definition) is 4. The Morgan fingerprint density at radius 3 is 2.94 bits per heavy atom. The molecule has 1 aromatic rings. The molecule has 5 heteroatoms. The molecule has 1 fully saturated rings. The van der Waals surface area contributed by atoms with Crippen LogP contribution in [0, 0.1) is 0 Å². The molecule has 16 heavy (non-hydrogen) atoms. The van der Waals surface area contributed by atoms with Crippen molar-refractivity contribution < 1.29 is 19.0 Å². The Hall–Kier alpha value is -1.07. The third kappa shape index (κ3) is 3.21. The molecule has 0 amide bonds. The van der Waals surface area contributed by atoms with Crippen molar-refractivity contribution in [1.82, 2.24) is 0 Å². The molecule has 0 N–H and O–H groups in total. The van der Waals surface area contributed by atoms with Crippen LogP contribution in [0.15, 0.2) is 22.7 Å². The van der Waals surface area contributed by atoms with E-state index in [4.69, 9.17) is 14.2 Å². The number of halogens is 1. The second kappa shape index (κ2) is 4.84. The van der Waals surface area contributed by atoms with Gasteiger partial charge < -0.3 is 14.2 Å². The molecule has 1 aliphatic rings. The molecular formula is C11H11BrO4. The maximum absolute atomic E-state index is 10.9. The first-order chi connectivity index (χ1) is 7.65. The van der Waals surface area contributed by atoms with Crippen LogP contribution < -0.4 is 9.47 Å². The second-order valence-electron chi connectivity index (χ2n) is 3.45. The van der Waals surface area contributed by atoms with E-state index in [-0.39, 0.29) is 12.1 Å². The van der Waals surface area contributed by atoms with Crippen LogP contribution >= 0.6 is 15.9 Å². The molecule has 0 unspecified atom stereocenters. The van der Waals surface area contributed by atoms with Gasteiger partial charge in [-0.2, -0.15) is 0 Å². The summed E-state index contributed by atoms with van der Waals surface area (Å²) < 4.78 is 16.4. The van der Waals surface area contributed by atoms with Crippen LogP contribution in [0.4, 0.5) is 0 Å². The highest BCUT2D eigenvalue weighted by Gasteiger charge is 2.23. The zero-order valence-electron chi connectivity index (χ0n) is 8.73. The summed E-state index contributed by atoms with van der Waals surface area (Å²) in [6, 6.07) is 5.24. The summed E-state index contributed by atoms with van der Waals surface area (Å²) in [5.74, 6) is 0.603. The summed E-state index contributed by atoms with van der Waals surface area (Å²) in [6.45, 7) is 2.57. The highest BCUT2D eigenvalue weighted by molar-refractivity contribution is 9.10. The van der Waals surface area contributed by atoms with E-state index in [1.807, 2.05) is 0 Å². The van der Waals surface area contributed by atoms with Gasteiger partial charge in [0.05, 0.1) is 6.61 Å². The molecule has 1 atom stereocenters. The van der Waals surface area contributed by atoms with Crippen LogP contribution in [-0.2, 0) is 9.53 Å². The van der Waals surface area contributed by atoms with E-state index < -0.39 is 0 Å². The molecule has 1 saturated heterocycles. The van der Waals surface area contributed by atoms with E-state index in [0.29, 0.717) is 18.1 Å². The molecule has 0 aliphatic carbocycles. The molecule has 2 rings (SSSR count). The molecule has 0 bridgehead atoms. The van der Waals surface area contributed by atoms with Gasteiger partial charge in [-0.15, -0.1) is 0 Å². The van der Waals surface area contributed by atoms with E-state index in [9.17, 15) is 4.79 Å². The molecule has 1 aliphatic heterocycles. The minimum atomic E-state index is -0.366. The number of benzene rings is 1. The number of hydrogen-bond donors (Lipinski definition) is 0. The zero-order chi connectivity index (χ0) is 11.5. The SMILES string of the molecule is CC(=O)Oc1ccc(Br)cc1OC[C@@H]1CO1. The molecule has 1 heterocycles. The number of rotatable bonds is 4. The summed E-state index contributed by atoms with van der Waals surface area (Å²) in [6.07, 6.45) is 0.171. The fraction of sp³-hybridized carbons (Fsp3) is 0.364. The van der Waals surface area contributed by atoms with Crippen molar-refractivity contribution in [3.63, 3.8) is 0 Å². The van der Waals surface area contributed by atoms with E-state index >= 15 is 0 Å². The van der Waals surface area contributed by atoms with Crippen LogP contribution in [0.3, 0.4) is 0 Å². The van der Waals surface area contributed by atoms with Crippen molar-refractivity contribution in [2.24, 2.45) is 0 Å². The van der Waals surface area contributed by atoms with E-state index in [1.165, 1.54) is 6.92 Å². The molecule has 0 spiro atoms. The smallest absolute Gasteiger partial charge is 0.308 e. The number of ether oxygens (including phenoxy) is 3. The Labute approximate surface area is 102 Å². The average Bonchev–Trinajstić information content (AvgIpc) is 3.01. The van der Waals surface area contributed by atoms with Gasteiger partial charge in [-0.25, -0.2) is 0 Å². The molecule has 0 saturated carbocycles. The molecule has 1 aromatic carbocycles. The minimum Gasteiger partial charge on any atom is -0.487 e. The maximum atomic E-state index is 10.9. The Morgan fingerprint density at radius 2 is 2.31 bits per heavy atom. The van der Waals surface area contributed by atoms with Crippen molar-refractivity contribution >= 4 is 21.9 Å². The van der Waals surface area contributed by atoms with Crippen LogP contribution in [0.5, 0.6) is 11.5 Å². The Balaban J connectivity index is 2.10. The zero-order valence-corrected chi connectivity index (χ0v) is 10.3. The normalized spacial score (nSPS) is 18.0. The van der Waals surface area contributed by atoms with Crippen molar-refractivity contribution in [1.29, 1.82) is 0 Å². The van der Waals surface area contributed by atoms with Crippen molar-refractivity contribution in [2.45, 2.75) is 13.0 Å². The van der Waals surface area contributed by atoms with Crippen molar-refractivity contribution in [2.75, 3.05) is 13.2 Å². The van der Waals surface area contributed by atoms with Gasteiger partial charge in [0.25, 0.3) is 0 Å². The molecular weight excluding hydrogens is 276 g/mol. The van der Waals surface area contributed by atoms with Crippen LogP contribution in [0.25, 0.3) is 0 Å². The summed E-state index contributed by atoms with van der Waals surface area (Å²) >= 11 is 3.33. The predicted molar refractivity (Wildman–Crippen MR) is 60.7 cm³/mol. The number of carbonyl (C=O) groups is 1. The minimum absolute atomic E-state index is 0.171. The Kier molecular flexibility index (Phi) is 3.46. The van der Waals surface area contributed by atoms with Crippen LogP contribution in [-0.4, -0.2) is 25.3 Å². The van der Waals surface area contributed by atoms with E-state index in [0.717, 1.165) is 11.1 Å². The van der Waals surface area contributed by atoms with Gasteiger partial charge in [0.15, 0.2) is 11.5 Å². The fourth-order valence-corrected chi connectivity index (χ4v) is 1.52. The maximum Gasteiger partial charge on any atom is 0.308 e. The largest absolute Gasteiger partial charge is 0.487 e. The monoisotopic (exact) mass is 286 g/mol. The quantitative estimate of drug-likeness (QED) is 0.483. The second-order valence-corrected chi connectivity index (χ2v) is 4.37. The number of esters is 1. The lowest BCUT2D eigenvalue weighted by molar-refractivity contribution is -0.132.